The quantitative estimate of drug-likeness (QED) is 0.349. The number of hydrogen-bond donors (Lipinski definition) is 1. The highest BCUT2D eigenvalue weighted by molar-refractivity contribution is 8.27. The van der Waals surface area contributed by atoms with Crippen molar-refractivity contribution < 1.29 is 19.1 Å². The molecule has 0 unspecified atom stereocenters. The number of carboxylic acid groups (broad SMARTS) is 1. The number of thioether (sulfide) groups is 1. The van der Waals surface area contributed by atoms with Crippen molar-refractivity contribution in [2.24, 2.45) is 0 Å². The molecule has 0 aliphatic carbocycles. The zero-order valence-corrected chi connectivity index (χ0v) is 18.1. The van der Waals surface area contributed by atoms with Crippen molar-refractivity contribution in [2.45, 2.75) is 0 Å². The molecular weight excluding hydrogens is 465 g/mol. The number of carbonyl (C=O) groups is 2. The number of hydrogen-bond acceptors (Lipinski definition) is 5. The highest BCUT2D eigenvalue weighted by Gasteiger charge is 2.33. The lowest BCUT2D eigenvalue weighted by atomic mass is 10.2. The number of halogens is 2. The molecule has 0 saturated carbocycles. The predicted octanol–water partition coefficient (Wildman–Crippen LogP) is 6.36. The Balaban J connectivity index is 1.59. The lowest BCUT2D eigenvalue weighted by Gasteiger charge is -2.14. The third-order valence-corrected chi connectivity index (χ3v) is 5.95. The predicted molar refractivity (Wildman–Crippen MR) is 123 cm³/mol. The second-order valence-corrected chi connectivity index (χ2v) is 8.78. The maximum atomic E-state index is 12.9. The maximum absolute atomic E-state index is 12.9. The normalized spacial score (nSPS) is 15.3. The van der Waals surface area contributed by atoms with Crippen LogP contribution in [0.1, 0.15) is 16.1 Å². The van der Waals surface area contributed by atoms with E-state index in [2.05, 4.69) is 0 Å². The van der Waals surface area contributed by atoms with E-state index in [-0.39, 0.29) is 11.5 Å². The average molecular weight is 476 g/mol. The first-order valence-electron chi connectivity index (χ1n) is 8.49. The summed E-state index contributed by atoms with van der Waals surface area (Å²) < 4.78 is 6.17. The molecule has 3 aromatic rings. The smallest absolute Gasteiger partial charge is 0.335 e. The average Bonchev–Trinajstić information content (AvgIpc) is 3.26. The van der Waals surface area contributed by atoms with Crippen LogP contribution in [0.15, 0.2) is 63.9 Å². The minimum absolute atomic E-state index is 0.129. The summed E-state index contributed by atoms with van der Waals surface area (Å²) in [6.45, 7) is 0. The topological polar surface area (TPSA) is 70.8 Å². The molecule has 1 N–H and O–H groups in total. The van der Waals surface area contributed by atoms with Gasteiger partial charge in [0, 0.05) is 21.7 Å². The molecule has 1 aromatic heterocycles. The molecule has 2 heterocycles. The monoisotopic (exact) mass is 475 g/mol. The van der Waals surface area contributed by atoms with E-state index in [0.717, 1.165) is 17.3 Å². The summed E-state index contributed by atoms with van der Waals surface area (Å²) in [5.41, 5.74) is 1.35. The van der Waals surface area contributed by atoms with Crippen LogP contribution in [-0.2, 0) is 4.79 Å². The summed E-state index contributed by atoms with van der Waals surface area (Å²) in [4.78, 5) is 25.6. The summed E-state index contributed by atoms with van der Waals surface area (Å²) in [6, 6.07) is 14.5. The molecule has 1 saturated heterocycles. The number of carboxylic acids is 1. The molecule has 1 amide bonds. The van der Waals surface area contributed by atoms with Gasteiger partial charge in [-0.15, -0.1) is 0 Å². The van der Waals surface area contributed by atoms with Crippen molar-refractivity contribution in [3.63, 3.8) is 0 Å². The van der Waals surface area contributed by atoms with Crippen molar-refractivity contribution in [3.8, 4) is 11.3 Å². The van der Waals surface area contributed by atoms with Crippen LogP contribution in [0.4, 0.5) is 5.69 Å². The highest BCUT2D eigenvalue weighted by atomic mass is 35.5. The fourth-order valence-corrected chi connectivity index (χ4v) is 4.66. The molecule has 4 rings (SSSR count). The molecule has 0 atom stereocenters. The Bertz CT molecular complexity index is 1200. The van der Waals surface area contributed by atoms with Gasteiger partial charge in [-0.1, -0.05) is 47.2 Å². The number of benzene rings is 2. The van der Waals surface area contributed by atoms with Gasteiger partial charge in [0.25, 0.3) is 5.91 Å². The van der Waals surface area contributed by atoms with Gasteiger partial charge < -0.3 is 9.52 Å². The number of furan rings is 1. The van der Waals surface area contributed by atoms with Gasteiger partial charge in [-0.25, -0.2) is 4.79 Å². The molecule has 0 spiro atoms. The van der Waals surface area contributed by atoms with Crippen molar-refractivity contribution in [3.05, 3.63) is 80.9 Å². The molecule has 1 fully saturated rings. The lowest BCUT2D eigenvalue weighted by molar-refractivity contribution is -0.113. The summed E-state index contributed by atoms with van der Waals surface area (Å²) in [5.74, 6) is -0.313. The van der Waals surface area contributed by atoms with Gasteiger partial charge in [0.2, 0.25) is 0 Å². The van der Waals surface area contributed by atoms with Crippen LogP contribution < -0.4 is 4.90 Å². The lowest BCUT2D eigenvalue weighted by Crippen LogP contribution is -2.27. The Labute approximate surface area is 190 Å². The van der Waals surface area contributed by atoms with Gasteiger partial charge in [-0.05, 0) is 54.6 Å². The molecule has 150 valence electrons. The molecule has 1 aliphatic heterocycles. The van der Waals surface area contributed by atoms with Crippen LogP contribution in [0, 0.1) is 0 Å². The Morgan fingerprint density at radius 2 is 1.73 bits per heavy atom. The van der Waals surface area contributed by atoms with Crippen molar-refractivity contribution in [1.29, 1.82) is 0 Å². The van der Waals surface area contributed by atoms with Crippen molar-refractivity contribution in [2.75, 3.05) is 4.90 Å². The molecule has 0 bridgehead atoms. The molecular formula is C21H11Cl2NO4S2. The summed E-state index contributed by atoms with van der Waals surface area (Å²) in [5, 5.41) is 10.0. The van der Waals surface area contributed by atoms with Gasteiger partial charge in [-0.2, -0.15) is 0 Å². The third kappa shape index (κ3) is 4.15. The molecule has 1 aliphatic rings. The first-order chi connectivity index (χ1) is 14.3. The minimum Gasteiger partial charge on any atom is -0.478 e. The Morgan fingerprint density at radius 1 is 1.07 bits per heavy atom. The fourth-order valence-electron chi connectivity index (χ4n) is 2.85. The van der Waals surface area contributed by atoms with Crippen LogP contribution in [0.2, 0.25) is 10.0 Å². The second-order valence-electron chi connectivity index (χ2n) is 6.23. The van der Waals surface area contributed by atoms with E-state index in [1.54, 1.807) is 48.5 Å². The van der Waals surface area contributed by atoms with Crippen LogP contribution >= 0.6 is 47.2 Å². The Kier molecular flexibility index (Phi) is 5.71. The number of thiocarbonyl (C=S) groups is 1. The van der Waals surface area contributed by atoms with E-state index in [1.807, 2.05) is 0 Å². The zero-order chi connectivity index (χ0) is 21.4. The standard InChI is InChI=1S/C21H11Cl2NO4S2/c22-13-7-12(8-14(23)9-13)17-6-5-16(28-17)10-18-19(25)24(21(29)30-18)15-3-1-11(2-4-15)20(26)27/h1-10H,(H,26,27)/b18-10-. The minimum atomic E-state index is -1.04. The molecule has 5 nitrogen and oxygen atoms in total. The van der Waals surface area contributed by atoms with E-state index in [9.17, 15) is 9.59 Å². The molecule has 30 heavy (non-hydrogen) atoms. The first kappa shape index (κ1) is 20.7. The number of rotatable bonds is 4. The van der Waals surface area contributed by atoms with E-state index in [4.69, 9.17) is 44.9 Å². The SMILES string of the molecule is O=C(O)c1ccc(N2C(=O)/C(=C/c3ccc(-c4cc(Cl)cc(Cl)c4)o3)SC2=S)cc1. The summed E-state index contributed by atoms with van der Waals surface area (Å²) >= 11 is 18.6. The molecule has 9 heteroatoms. The zero-order valence-electron chi connectivity index (χ0n) is 15.0. The number of nitrogens with zero attached hydrogens (tertiary/aromatic N) is 1. The second kappa shape index (κ2) is 8.28. The van der Waals surface area contributed by atoms with Crippen molar-refractivity contribution in [1.82, 2.24) is 0 Å². The number of carbonyl (C=O) groups excluding carboxylic acids is 1. The first-order valence-corrected chi connectivity index (χ1v) is 10.5. The summed E-state index contributed by atoms with van der Waals surface area (Å²) in [7, 11) is 0. The highest BCUT2D eigenvalue weighted by Crippen LogP contribution is 2.37. The molecule has 0 radical (unpaired) electrons. The Hall–Kier alpha value is -2.58. The molecule has 2 aromatic carbocycles. The maximum Gasteiger partial charge on any atom is 0.335 e. The number of aromatic carboxylic acids is 1. The summed E-state index contributed by atoms with van der Waals surface area (Å²) in [6.07, 6.45) is 1.61. The van der Waals surface area contributed by atoms with Gasteiger partial charge in [0.05, 0.1) is 16.2 Å². The third-order valence-electron chi connectivity index (χ3n) is 4.21. The van der Waals surface area contributed by atoms with Crippen LogP contribution in [0.3, 0.4) is 0 Å². The van der Waals surface area contributed by atoms with Crippen molar-refractivity contribution >= 4 is 75.1 Å². The van der Waals surface area contributed by atoms with E-state index >= 15 is 0 Å². The van der Waals surface area contributed by atoms with Gasteiger partial charge in [0.1, 0.15) is 11.5 Å². The van der Waals surface area contributed by atoms with Crippen LogP contribution in [0.5, 0.6) is 0 Å². The van der Waals surface area contributed by atoms with Crippen LogP contribution in [-0.4, -0.2) is 21.3 Å². The van der Waals surface area contributed by atoms with Gasteiger partial charge >= 0.3 is 5.97 Å². The number of amides is 1. The van der Waals surface area contributed by atoms with E-state index in [1.165, 1.54) is 17.0 Å². The Morgan fingerprint density at radius 3 is 2.37 bits per heavy atom. The largest absolute Gasteiger partial charge is 0.478 e. The number of anilines is 1. The van der Waals surface area contributed by atoms with Crippen LogP contribution in [0.25, 0.3) is 17.4 Å². The van der Waals surface area contributed by atoms with E-state index < -0.39 is 5.97 Å². The van der Waals surface area contributed by atoms with Gasteiger partial charge in [-0.3, -0.25) is 9.69 Å². The van der Waals surface area contributed by atoms with E-state index in [0.29, 0.717) is 36.5 Å². The van der Waals surface area contributed by atoms with Gasteiger partial charge in [0.15, 0.2) is 4.32 Å². The fraction of sp³-hybridized carbons (Fsp3) is 0.